The predicted octanol–water partition coefficient (Wildman–Crippen LogP) is 3.65. The van der Waals surface area contributed by atoms with Crippen molar-refractivity contribution in [1.29, 1.82) is 5.26 Å². The number of furan rings is 1. The monoisotopic (exact) mass is 327 g/mol. The molecule has 2 N–H and O–H groups in total. The summed E-state index contributed by atoms with van der Waals surface area (Å²) in [6.45, 7) is 0. The number of rotatable bonds is 3. The Balaban J connectivity index is 1.80. The number of nitriles is 1. The highest BCUT2D eigenvalue weighted by atomic mass is 16.3. The van der Waals surface area contributed by atoms with Crippen LogP contribution in [0.3, 0.4) is 0 Å². The Morgan fingerprint density at radius 3 is 2.64 bits per heavy atom. The highest BCUT2D eigenvalue weighted by Gasteiger charge is 2.15. The molecule has 6 nitrogen and oxygen atoms in total. The third-order valence-corrected chi connectivity index (χ3v) is 3.91. The smallest absolute Gasteiger partial charge is 0.142 e. The number of benzene rings is 1. The summed E-state index contributed by atoms with van der Waals surface area (Å²) in [5.74, 6) is 0.770. The molecule has 0 radical (unpaired) electrons. The Kier molecular flexibility index (Phi) is 3.52. The van der Waals surface area contributed by atoms with E-state index >= 15 is 0 Å². The molecule has 25 heavy (non-hydrogen) atoms. The van der Waals surface area contributed by atoms with E-state index in [-0.39, 0.29) is 5.82 Å². The Labute approximate surface area is 143 Å². The molecule has 4 rings (SSSR count). The maximum atomic E-state index is 9.38. The summed E-state index contributed by atoms with van der Waals surface area (Å²) < 4.78 is 7.35. The van der Waals surface area contributed by atoms with Crippen LogP contribution in [-0.4, -0.2) is 14.5 Å². The van der Waals surface area contributed by atoms with Gasteiger partial charge in [0.05, 0.1) is 18.3 Å². The SMILES string of the molecule is N#Cc1c(-c2ccco2)cc(-c2ccc(-n3ccnc3)cc2)nc1N. The number of anilines is 1. The van der Waals surface area contributed by atoms with Crippen molar-refractivity contribution < 1.29 is 4.42 Å². The lowest BCUT2D eigenvalue weighted by molar-refractivity contribution is 0.582. The van der Waals surface area contributed by atoms with Crippen molar-refractivity contribution in [3.63, 3.8) is 0 Å². The van der Waals surface area contributed by atoms with E-state index in [1.54, 1.807) is 30.9 Å². The first-order chi connectivity index (χ1) is 12.3. The van der Waals surface area contributed by atoms with Crippen LogP contribution in [0.25, 0.3) is 28.3 Å². The zero-order valence-electron chi connectivity index (χ0n) is 13.1. The molecular weight excluding hydrogens is 314 g/mol. The molecule has 0 atom stereocenters. The lowest BCUT2D eigenvalue weighted by atomic mass is 10.0. The van der Waals surface area contributed by atoms with Crippen molar-refractivity contribution in [2.24, 2.45) is 0 Å². The molecule has 0 bridgehead atoms. The van der Waals surface area contributed by atoms with Crippen molar-refractivity contribution >= 4 is 5.82 Å². The summed E-state index contributed by atoms with van der Waals surface area (Å²) in [5.41, 5.74) is 9.51. The van der Waals surface area contributed by atoms with Crippen molar-refractivity contribution in [1.82, 2.24) is 14.5 Å². The second-order valence-corrected chi connectivity index (χ2v) is 5.42. The van der Waals surface area contributed by atoms with Gasteiger partial charge in [0.1, 0.15) is 23.2 Å². The lowest BCUT2D eigenvalue weighted by Gasteiger charge is -2.09. The van der Waals surface area contributed by atoms with Gasteiger partial charge in [0.2, 0.25) is 0 Å². The Bertz CT molecular complexity index is 1040. The third kappa shape index (κ3) is 2.64. The molecule has 0 aliphatic rings. The van der Waals surface area contributed by atoms with Crippen LogP contribution < -0.4 is 5.73 Å². The van der Waals surface area contributed by atoms with Crippen LogP contribution >= 0.6 is 0 Å². The number of imidazole rings is 1. The molecule has 0 saturated heterocycles. The standard InChI is InChI=1S/C19H13N5O/c20-11-16-15(18-2-1-9-25-18)10-17(23-19(16)21)13-3-5-14(6-4-13)24-8-7-22-12-24/h1-10,12H,(H2,21,23). The third-order valence-electron chi connectivity index (χ3n) is 3.91. The fraction of sp³-hybridized carbons (Fsp3) is 0. The fourth-order valence-corrected chi connectivity index (χ4v) is 2.67. The molecule has 0 saturated carbocycles. The van der Waals surface area contributed by atoms with Gasteiger partial charge in [-0.15, -0.1) is 0 Å². The van der Waals surface area contributed by atoms with Crippen molar-refractivity contribution in [2.75, 3.05) is 5.73 Å². The molecular formula is C19H13N5O. The topological polar surface area (TPSA) is 93.7 Å². The summed E-state index contributed by atoms with van der Waals surface area (Å²) in [6.07, 6.45) is 6.91. The van der Waals surface area contributed by atoms with Crippen LogP contribution in [-0.2, 0) is 0 Å². The molecule has 4 aromatic rings. The minimum atomic E-state index is 0.185. The molecule has 1 aromatic carbocycles. The first kappa shape index (κ1) is 14.7. The molecule has 3 heterocycles. The van der Waals surface area contributed by atoms with Crippen molar-refractivity contribution in [3.8, 4) is 34.3 Å². The van der Waals surface area contributed by atoms with E-state index in [4.69, 9.17) is 10.2 Å². The number of nitrogens with two attached hydrogens (primary N) is 1. The van der Waals surface area contributed by atoms with E-state index in [1.807, 2.05) is 41.1 Å². The molecule has 6 heteroatoms. The number of nitrogen functional groups attached to an aromatic ring is 1. The zero-order chi connectivity index (χ0) is 17.2. The Morgan fingerprint density at radius 2 is 2.00 bits per heavy atom. The summed E-state index contributed by atoms with van der Waals surface area (Å²) in [6, 6.07) is 15.3. The van der Waals surface area contributed by atoms with Crippen LogP contribution in [0.15, 0.2) is 71.9 Å². The Hall–Kier alpha value is -3.85. The maximum Gasteiger partial charge on any atom is 0.142 e. The van der Waals surface area contributed by atoms with Gasteiger partial charge in [0.25, 0.3) is 0 Å². The van der Waals surface area contributed by atoms with Gasteiger partial charge < -0.3 is 14.7 Å². The van der Waals surface area contributed by atoms with E-state index in [9.17, 15) is 5.26 Å². The van der Waals surface area contributed by atoms with Gasteiger partial charge in [0, 0.05) is 29.2 Å². The normalized spacial score (nSPS) is 10.5. The van der Waals surface area contributed by atoms with Gasteiger partial charge in [-0.3, -0.25) is 0 Å². The average molecular weight is 327 g/mol. The molecule has 0 aliphatic heterocycles. The zero-order valence-corrected chi connectivity index (χ0v) is 13.1. The van der Waals surface area contributed by atoms with Crippen LogP contribution in [0, 0.1) is 11.3 Å². The van der Waals surface area contributed by atoms with Gasteiger partial charge in [-0.25, -0.2) is 9.97 Å². The second kappa shape index (κ2) is 5.98. The maximum absolute atomic E-state index is 9.38. The summed E-state index contributed by atoms with van der Waals surface area (Å²) in [5, 5.41) is 9.38. The van der Waals surface area contributed by atoms with E-state index in [2.05, 4.69) is 16.0 Å². The number of hydrogen-bond acceptors (Lipinski definition) is 5. The molecule has 0 amide bonds. The fourth-order valence-electron chi connectivity index (χ4n) is 2.67. The molecule has 3 aromatic heterocycles. The largest absolute Gasteiger partial charge is 0.464 e. The highest BCUT2D eigenvalue weighted by Crippen LogP contribution is 2.31. The van der Waals surface area contributed by atoms with Gasteiger partial charge in [0.15, 0.2) is 0 Å². The first-order valence-electron chi connectivity index (χ1n) is 7.59. The first-order valence-corrected chi connectivity index (χ1v) is 7.59. The minimum absolute atomic E-state index is 0.185. The van der Waals surface area contributed by atoms with Gasteiger partial charge in [-0.2, -0.15) is 5.26 Å². The molecule has 120 valence electrons. The lowest BCUT2D eigenvalue weighted by Crippen LogP contribution is -1.99. The van der Waals surface area contributed by atoms with Crippen LogP contribution in [0.5, 0.6) is 0 Å². The highest BCUT2D eigenvalue weighted by molar-refractivity contribution is 5.78. The molecule has 0 spiro atoms. The summed E-state index contributed by atoms with van der Waals surface area (Å²) in [7, 11) is 0. The second-order valence-electron chi connectivity index (χ2n) is 5.42. The van der Waals surface area contributed by atoms with Crippen LogP contribution in [0.2, 0.25) is 0 Å². The number of pyridine rings is 1. The van der Waals surface area contributed by atoms with E-state index in [1.165, 1.54) is 0 Å². The minimum Gasteiger partial charge on any atom is -0.464 e. The Morgan fingerprint density at radius 1 is 1.16 bits per heavy atom. The van der Waals surface area contributed by atoms with Crippen LogP contribution in [0.4, 0.5) is 5.82 Å². The van der Waals surface area contributed by atoms with E-state index in [0.717, 1.165) is 11.3 Å². The quantitative estimate of drug-likeness (QED) is 0.620. The number of hydrogen-bond donors (Lipinski definition) is 1. The summed E-state index contributed by atoms with van der Waals surface area (Å²) in [4.78, 5) is 8.41. The van der Waals surface area contributed by atoms with Crippen LogP contribution in [0.1, 0.15) is 5.56 Å². The van der Waals surface area contributed by atoms with Gasteiger partial charge >= 0.3 is 0 Å². The average Bonchev–Trinajstić information content (AvgIpc) is 3.35. The van der Waals surface area contributed by atoms with Crippen molar-refractivity contribution in [3.05, 3.63) is 73.0 Å². The summed E-state index contributed by atoms with van der Waals surface area (Å²) >= 11 is 0. The van der Waals surface area contributed by atoms with E-state index < -0.39 is 0 Å². The number of aromatic nitrogens is 3. The molecule has 0 fully saturated rings. The van der Waals surface area contributed by atoms with Gasteiger partial charge in [-0.1, -0.05) is 12.1 Å². The van der Waals surface area contributed by atoms with Crippen molar-refractivity contribution in [2.45, 2.75) is 0 Å². The molecule has 0 aliphatic carbocycles. The predicted molar refractivity (Wildman–Crippen MR) is 93.6 cm³/mol. The van der Waals surface area contributed by atoms with Gasteiger partial charge in [-0.05, 0) is 30.3 Å². The van der Waals surface area contributed by atoms with E-state index in [0.29, 0.717) is 22.6 Å². The molecule has 0 unspecified atom stereocenters. The number of nitrogens with zero attached hydrogens (tertiary/aromatic N) is 4.